The number of thiazole rings is 1. The topological polar surface area (TPSA) is 62.7 Å². The second kappa shape index (κ2) is 6.74. The Kier molecular flexibility index (Phi) is 4.29. The zero-order valence-corrected chi connectivity index (χ0v) is 16.6. The summed E-state index contributed by atoms with van der Waals surface area (Å²) in [6, 6.07) is 6.12. The van der Waals surface area contributed by atoms with Crippen molar-refractivity contribution < 1.29 is 18.7 Å². The Morgan fingerprint density at radius 2 is 2.21 bits per heavy atom. The Hall–Kier alpha value is -2.58. The number of hydrogen-bond donors (Lipinski definition) is 0. The van der Waals surface area contributed by atoms with Crippen LogP contribution in [-0.4, -0.2) is 51.9 Å². The fourth-order valence-corrected chi connectivity index (χ4v) is 5.34. The van der Waals surface area contributed by atoms with E-state index in [1.807, 2.05) is 17.5 Å². The van der Waals surface area contributed by atoms with Crippen LogP contribution < -0.4 is 0 Å². The summed E-state index contributed by atoms with van der Waals surface area (Å²) in [5.74, 6) is -1.55. The lowest BCUT2D eigenvalue weighted by Crippen LogP contribution is -2.44. The first-order chi connectivity index (χ1) is 14.0. The van der Waals surface area contributed by atoms with Gasteiger partial charge in [0.25, 0.3) is 0 Å². The Morgan fingerprint density at radius 1 is 1.41 bits per heavy atom. The zero-order valence-electron chi connectivity index (χ0n) is 15.8. The van der Waals surface area contributed by atoms with Crippen LogP contribution in [0.25, 0.3) is 0 Å². The van der Waals surface area contributed by atoms with Crippen molar-refractivity contribution >= 4 is 23.2 Å². The normalized spacial score (nSPS) is 29.5. The highest BCUT2D eigenvalue weighted by Crippen LogP contribution is 2.52. The van der Waals surface area contributed by atoms with Crippen molar-refractivity contribution in [2.75, 3.05) is 13.6 Å². The molecule has 2 fully saturated rings. The first-order valence-electron chi connectivity index (χ1n) is 9.51. The van der Waals surface area contributed by atoms with Crippen molar-refractivity contribution in [3.63, 3.8) is 0 Å². The van der Waals surface area contributed by atoms with E-state index >= 15 is 0 Å². The molecular weight excluding hydrogens is 393 g/mol. The van der Waals surface area contributed by atoms with E-state index in [-0.39, 0.29) is 23.7 Å². The molecule has 2 bridgehead atoms. The van der Waals surface area contributed by atoms with Gasteiger partial charge in [0.1, 0.15) is 16.4 Å². The zero-order chi connectivity index (χ0) is 20.2. The van der Waals surface area contributed by atoms with Gasteiger partial charge in [0.15, 0.2) is 0 Å². The predicted octanol–water partition coefficient (Wildman–Crippen LogP) is 2.22. The molecule has 8 heteroatoms. The van der Waals surface area contributed by atoms with Crippen LogP contribution in [0.15, 0.2) is 48.0 Å². The van der Waals surface area contributed by atoms with E-state index < -0.39 is 17.4 Å². The third-order valence-corrected chi connectivity index (χ3v) is 6.75. The minimum atomic E-state index is -0.746. The van der Waals surface area contributed by atoms with Crippen molar-refractivity contribution in [1.82, 2.24) is 14.8 Å². The van der Waals surface area contributed by atoms with Crippen LogP contribution in [0.2, 0.25) is 0 Å². The number of hydrogen-bond acceptors (Lipinski definition) is 5. The van der Waals surface area contributed by atoms with Crippen LogP contribution in [0.4, 0.5) is 4.39 Å². The lowest BCUT2D eigenvalue weighted by Gasteiger charge is -2.27. The molecule has 2 unspecified atom stereocenters. The van der Waals surface area contributed by atoms with Crippen LogP contribution in [0.5, 0.6) is 0 Å². The van der Waals surface area contributed by atoms with E-state index in [2.05, 4.69) is 4.98 Å². The first kappa shape index (κ1) is 18.4. The standard InChI is InChI=1S/C21H20FN3O3S/c1-24(11-16-23-8-9-29-16)19(26)17-15-6-7-21(28-15)12-25(20(27)18(17)21)10-13-2-4-14(22)5-3-13/h2-9,15,17-18H,10-12H2,1H3/t15-,17?,18?,21-/m1/s1. The molecule has 4 atom stereocenters. The molecule has 1 aromatic carbocycles. The molecule has 1 spiro atoms. The molecule has 0 radical (unpaired) electrons. The Morgan fingerprint density at radius 3 is 2.93 bits per heavy atom. The number of amides is 2. The van der Waals surface area contributed by atoms with Gasteiger partial charge in [0, 0.05) is 25.2 Å². The number of likely N-dealkylation sites (tertiary alicyclic amines) is 1. The molecule has 2 aromatic rings. The van der Waals surface area contributed by atoms with Crippen LogP contribution >= 0.6 is 11.3 Å². The average molecular weight is 413 g/mol. The second-order valence-corrected chi connectivity index (χ2v) is 8.82. The minimum Gasteiger partial charge on any atom is -0.360 e. The van der Waals surface area contributed by atoms with Crippen molar-refractivity contribution in [3.05, 3.63) is 64.4 Å². The molecule has 6 nitrogen and oxygen atoms in total. The minimum absolute atomic E-state index is 0.0813. The van der Waals surface area contributed by atoms with Crippen LogP contribution in [0, 0.1) is 17.7 Å². The lowest BCUT2D eigenvalue weighted by molar-refractivity contribution is -0.142. The van der Waals surface area contributed by atoms with Crippen molar-refractivity contribution in [3.8, 4) is 0 Å². The summed E-state index contributed by atoms with van der Waals surface area (Å²) < 4.78 is 19.3. The number of fused-ring (bicyclic) bond motifs is 1. The van der Waals surface area contributed by atoms with Crippen molar-refractivity contribution in [2.24, 2.45) is 11.8 Å². The summed E-state index contributed by atoms with van der Waals surface area (Å²) in [5.41, 5.74) is 0.0999. The van der Waals surface area contributed by atoms with E-state index in [0.29, 0.717) is 19.6 Å². The molecule has 29 heavy (non-hydrogen) atoms. The van der Waals surface area contributed by atoms with Gasteiger partial charge in [-0.1, -0.05) is 24.3 Å². The fourth-order valence-electron chi connectivity index (χ4n) is 4.67. The fraction of sp³-hybridized carbons (Fsp3) is 0.381. The SMILES string of the molecule is CN(Cc1nccs1)C(=O)C1C2C(=O)N(Cc3ccc(F)cc3)C[C@]23C=C[C@H]1O3. The van der Waals surface area contributed by atoms with E-state index in [0.717, 1.165) is 10.6 Å². The first-order valence-corrected chi connectivity index (χ1v) is 10.4. The quantitative estimate of drug-likeness (QED) is 0.706. The highest BCUT2D eigenvalue weighted by molar-refractivity contribution is 7.09. The van der Waals surface area contributed by atoms with Crippen molar-refractivity contribution in [2.45, 2.75) is 24.8 Å². The summed E-state index contributed by atoms with van der Waals surface area (Å²) in [7, 11) is 1.74. The molecule has 2 amide bonds. The van der Waals surface area contributed by atoms with Crippen LogP contribution in [0.3, 0.4) is 0 Å². The maximum atomic E-state index is 13.3. The number of nitrogens with zero attached hydrogens (tertiary/aromatic N) is 3. The lowest BCUT2D eigenvalue weighted by atomic mass is 9.76. The predicted molar refractivity (Wildman–Crippen MR) is 104 cm³/mol. The van der Waals surface area contributed by atoms with E-state index in [1.54, 1.807) is 35.2 Å². The van der Waals surface area contributed by atoms with Gasteiger partial charge in [-0.25, -0.2) is 9.37 Å². The molecule has 5 rings (SSSR count). The van der Waals surface area contributed by atoms with Crippen LogP contribution in [0.1, 0.15) is 10.6 Å². The Balaban J connectivity index is 1.36. The van der Waals surface area contributed by atoms with Gasteiger partial charge in [-0.15, -0.1) is 11.3 Å². The molecule has 3 aliphatic heterocycles. The van der Waals surface area contributed by atoms with Gasteiger partial charge in [-0.3, -0.25) is 9.59 Å². The molecule has 150 valence electrons. The average Bonchev–Trinajstić information content (AvgIpc) is 3.46. The van der Waals surface area contributed by atoms with Crippen LogP contribution in [-0.2, 0) is 27.4 Å². The number of rotatable bonds is 5. The number of aromatic nitrogens is 1. The van der Waals surface area contributed by atoms with Gasteiger partial charge in [0.2, 0.25) is 11.8 Å². The maximum Gasteiger partial charge on any atom is 0.230 e. The monoisotopic (exact) mass is 413 g/mol. The van der Waals surface area contributed by atoms with E-state index in [4.69, 9.17) is 4.74 Å². The molecule has 0 aliphatic carbocycles. The Labute approximate surface area is 171 Å². The third kappa shape index (κ3) is 2.98. The highest BCUT2D eigenvalue weighted by atomic mass is 32.1. The number of carbonyl (C=O) groups excluding carboxylic acids is 2. The molecule has 1 aromatic heterocycles. The number of halogens is 1. The van der Waals surface area contributed by atoms with Gasteiger partial charge >= 0.3 is 0 Å². The third-order valence-electron chi connectivity index (χ3n) is 5.98. The van der Waals surface area contributed by atoms with E-state index in [1.165, 1.54) is 23.5 Å². The van der Waals surface area contributed by atoms with Crippen molar-refractivity contribution in [1.29, 1.82) is 0 Å². The summed E-state index contributed by atoms with van der Waals surface area (Å²) in [6.07, 6.45) is 5.19. The summed E-state index contributed by atoms with van der Waals surface area (Å²) in [5, 5.41) is 2.73. The molecule has 4 heterocycles. The molecule has 2 saturated heterocycles. The molecule has 0 N–H and O–H groups in total. The van der Waals surface area contributed by atoms with Gasteiger partial charge in [-0.2, -0.15) is 0 Å². The maximum absolute atomic E-state index is 13.3. The Bertz CT molecular complexity index is 978. The number of ether oxygens (including phenoxy) is 1. The molecule has 3 aliphatic rings. The van der Waals surface area contributed by atoms with Gasteiger partial charge < -0.3 is 14.5 Å². The molecule has 0 saturated carbocycles. The number of benzene rings is 1. The largest absolute Gasteiger partial charge is 0.360 e. The second-order valence-electron chi connectivity index (χ2n) is 7.84. The highest BCUT2D eigenvalue weighted by Gasteiger charge is 2.67. The summed E-state index contributed by atoms with van der Waals surface area (Å²) in [6.45, 7) is 1.19. The summed E-state index contributed by atoms with van der Waals surface area (Å²) >= 11 is 1.50. The number of carbonyl (C=O) groups is 2. The van der Waals surface area contributed by atoms with Gasteiger partial charge in [0.05, 0.1) is 31.0 Å². The van der Waals surface area contributed by atoms with E-state index in [9.17, 15) is 14.0 Å². The molecular formula is C21H20FN3O3S. The smallest absolute Gasteiger partial charge is 0.230 e. The summed E-state index contributed by atoms with van der Waals surface area (Å²) in [4.78, 5) is 34.1. The van der Waals surface area contributed by atoms with Gasteiger partial charge in [-0.05, 0) is 17.7 Å².